The highest BCUT2D eigenvalue weighted by Gasteiger charge is 2.12. The molecule has 1 atom stereocenters. The maximum absolute atomic E-state index is 14.4. The van der Waals surface area contributed by atoms with E-state index in [0.717, 1.165) is 22.8 Å². The fraction of sp³-hybridized carbons (Fsp3) is 0.357. The van der Waals surface area contributed by atoms with Crippen molar-refractivity contribution in [3.05, 3.63) is 83.9 Å². The SMILES string of the molecule is CCCCCCCCC(C)c1ccc(-c2ccccc2-c2ccc(F)cc2F)cc1. The van der Waals surface area contributed by atoms with Gasteiger partial charge in [0, 0.05) is 11.6 Å². The molecule has 158 valence electrons. The Kier molecular flexibility index (Phi) is 8.19. The molecular formula is C28H32F2. The van der Waals surface area contributed by atoms with E-state index in [2.05, 4.69) is 38.1 Å². The second kappa shape index (κ2) is 11.1. The Morgan fingerprint density at radius 2 is 1.37 bits per heavy atom. The van der Waals surface area contributed by atoms with Gasteiger partial charge in [-0.1, -0.05) is 101 Å². The molecule has 0 radical (unpaired) electrons. The number of rotatable bonds is 10. The fourth-order valence-corrected chi connectivity index (χ4v) is 4.07. The monoisotopic (exact) mass is 406 g/mol. The van der Waals surface area contributed by atoms with Crippen molar-refractivity contribution in [3.8, 4) is 22.3 Å². The zero-order chi connectivity index (χ0) is 21.3. The van der Waals surface area contributed by atoms with Crippen LogP contribution in [0.3, 0.4) is 0 Å². The van der Waals surface area contributed by atoms with Gasteiger partial charge in [-0.15, -0.1) is 0 Å². The topological polar surface area (TPSA) is 0 Å². The summed E-state index contributed by atoms with van der Waals surface area (Å²) in [6.45, 7) is 4.54. The lowest BCUT2D eigenvalue weighted by Crippen LogP contribution is -1.94. The lowest BCUT2D eigenvalue weighted by Gasteiger charge is -2.14. The summed E-state index contributed by atoms with van der Waals surface area (Å²) in [7, 11) is 0. The van der Waals surface area contributed by atoms with Crippen LogP contribution in [0, 0.1) is 11.6 Å². The number of unbranched alkanes of at least 4 members (excludes halogenated alkanes) is 5. The summed E-state index contributed by atoms with van der Waals surface area (Å²) in [5.74, 6) is -0.556. The molecule has 0 aliphatic heterocycles. The number of hydrogen-bond donors (Lipinski definition) is 0. The first-order valence-electron chi connectivity index (χ1n) is 11.2. The van der Waals surface area contributed by atoms with Crippen LogP contribution >= 0.6 is 0 Å². The van der Waals surface area contributed by atoms with E-state index in [-0.39, 0.29) is 0 Å². The van der Waals surface area contributed by atoms with Crippen LogP contribution in [0.5, 0.6) is 0 Å². The van der Waals surface area contributed by atoms with Gasteiger partial charge < -0.3 is 0 Å². The van der Waals surface area contributed by atoms with E-state index < -0.39 is 11.6 Å². The van der Waals surface area contributed by atoms with E-state index in [1.165, 1.54) is 62.6 Å². The molecule has 0 spiro atoms. The van der Waals surface area contributed by atoms with Crippen molar-refractivity contribution < 1.29 is 8.78 Å². The molecule has 0 aliphatic rings. The maximum atomic E-state index is 14.4. The molecule has 3 aromatic rings. The molecule has 0 saturated heterocycles. The summed E-state index contributed by atoms with van der Waals surface area (Å²) in [6.07, 6.45) is 9.14. The van der Waals surface area contributed by atoms with Gasteiger partial charge in [0.1, 0.15) is 11.6 Å². The third-order valence-electron chi connectivity index (χ3n) is 5.93. The molecule has 0 fully saturated rings. The van der Waals surface area contributed by atoms with Crippen LogP contribution in [0.2, 0.25) is 0 Å². The Labute approximate surface area is 180 Å². The Morgan fingerprint density at radius 3 is 2.07 bits per heavy atom. The zero-order valence-corrected chi connectivity index (χ0v) is 18.1. The average Bonchev–Trinajstić information content (AvgIpc) is 2.76. The van der Waals surface area contributed by atoms with Crippen molar-refractivity contribution >= 4 is 0 Å². The number of halogens is 2. The molecule has 0 N–H and O–H groups in total. The van der Waals surface area contributed by atoms with Crippen LogP contribution < -0.4 is 0 Å². The summed E-state index contributed by atoms with van der Waals surface area (Å²) in [5, 5.41) is 0. The molecule has 3 aromatic carbocycles. The minimum atomic E-state index is -0.558. The molecule has 0 aromatic heterocycles. The average molecular weight is 407 g/mol. The highest BCUT2D eigenvalue weighted by Crippen LogP contribution is 2.34. The highest BCUT2D eigenvalue weighted by molar-refractivity contribution is 5.83. The van der Waals surface area contributed by atoms with Gasteiger partial charge in [-0.05, 0) is 46.7 Å². The van der Waals surface area contributed by atoms with Gasteiger partial charge in [-0.3, -0.25) is 0 Å². The molecule has 3 rings (SSSR count). The molecule has 0 amide bonds. The molecule has 0 saturated carbocycles. The van der Waals surface area contributed by atoms with Crippen molar-refractivity contribution in [1.29, 1.82) is 0 Å². The third-order valence-corrected chi connectivity index (χ3v) is 5.93. The lowest BCUT2D eigenvalue weighted by atomic mass is 9.90. The van der Waals surface area contributed by atoms with E-state index in [1.54, 1.807) is 0 Å². The maximum Gasteiger partial charge on any atom is 0.133 e. The van der Waals surface area contributed by atoms with Crippen molar-refractivity contribution in [2.45, 2.75) is 64.7 Å². The molecule has 0 bridgehead atoms. The van der Waals surface area contributed by atoms with Crippen LogP contribution in [0.1, 0.15) is 70.3 Å². The van der Waals surface area contributed by atoms with Crippen LogP contribution in [-0.4, -0.2) is 0 Å². The van der Waals surface area contributed by atoms with Gasteiger partial charge in [-0.2, -0.15) is 0 Å². The van der Waals surface area contributed by atoms with Crippen LogP contribution in [0.15, 0.2) is 66.7 Å². The molecule has 2 heteroatoms. The van der Waals surface area contributed by atoms with E-state index >= 15 is 0 Å². The molecule has 1 unspecified atom stereocenters. The molecule has 0 aliphatic carbocycles. The first-order valence-corrected chi connectivity index (χ1v) is 11.2. The summed E-state index contributed by atoms with van der Waals surface area (Å²) in [4.78, 5) is 0. The van der Waals surface area contributed by atoms with Crippen LogP contribution in [0.25, 0.3) is 22.3 Å². The summed E-state index contributed by atoms with van der Waals surface area (Å²) in [5.41, 5.74) is 4.55. The molecular weight excluding hydrogens is 374 g/mol. The smallest absolute Gasteiger partial charge is 0.133 e. The van der Waals surface area contributed by atoms with Crippen LogP contribution in [-0.2, 0) is 0 Å². The Bertz CT molecular complexity index is 928. The van der Waals surface area contributed by atoms with E-state index in [0.29, 0.717) is 11.5 Å². The standard InChI is InChI=1S/C28H32F2/c1-3-4-5-6-7-8-11-21(2)22-14-16-23(17-15-22)25-12-9-10-13-26(25)27-19-18-24(29)20-28(27)30/h9-10,12-21H,3-8,11H2,1-2H3. The van der Waals surface area contributed by atoms with Gasteiger partial charge >= 0.3 is 0 Å². The Balaban J connectivity index is 1.71. The first kappa shape index (κ1) is 22.2. The first-order chi connectivity index (χ1) is 14.6. The van der Waals surface area contributed by atoms with Crippen molar-refractivity contribution in [2.75, 3.05) is 0 Å². The third kappa shape index (κ3) is 5.78. The predicted octanol–water partition coefficient (Wildman–Crippen LogP) is 9.15. The largest absolute Gasteiger partial charge is 0.207 e. The van der Waals surface area contributed by atoms with Gasteiger partial charge in [0.25, 0.3) is 0 Å². The lowest BCUT2D eigenvalue weighted by molar-refractivity contribution is 0.557. The normalized spacial score (nSPS) is 12.1. The Morgan fingerprint density at radius 1 is 0.700 bits per heavy atom. The summed E-state index contributed by atoms with van der Waals surface area (Å²) < 4.78 is 27.7. The minimum Gasteiger partial charge on any atom is -0.207 e. The van der Waals surface area contributed by atoms with Crippen molar-refractivity contribution in [1.82, 2.24) is 0 Å². The van der Waals surface area contributed by atoms with Gasteiger partial charge in [-0.25, -0.2) is 8.78 Å². The second-order valence-corrected chi connectivity index (χ2v) is 8.25. The summed E-state index contributed by atoms with van der Waals surface area (Å²) >= 11 is 0. The molecule has 30 heavy (non-hydrogen) atoms. The summed E-state index contributed by atoms with van der Waals surface area (Å²) in [6, 6.07) is 20.1. The number of hydrogen-bond acceptors (Lipinski definition) is 0. The van der Waals surface area contributed by atoms with E-state index in [1.807, 2.05) is 24.3 Å². The van der Waals surface area contributed by atoms with Crippen molar-refractivity contribution in [3.63, 3.8) is 0 Å². The minimum absolute atomic E-state index is 0.424. The second-order valence-electron chi connectivity index (χ2n) is 8.25. The fourth-order valence-electron chi connectivity index (χ4n) is 4.07. The van der Waals surface area contributed by atoms with Gasteiger partial charge in [0.15, 0.2) is 0 Å². The van der Waals surface area contributed by atoms with Gasteiger partial charge in [0.05, 0.1) is 0 Å². The quantitative estimate of drug-likeness (QED) is 0.294. The predicted molar refractivity (Wildman–Crippen MR) is 124 cm³/mol. The van der Waals surface area contributed by atoms with Gasteiger partial charge in [0.2, 0.25) is 0 Å². The van der Waals surface area contributed by atoms with E-state index in [4.69, 9.17) is 0 Å². The Hall–Kier alpha value is -2.48. The van der Waals surface area contributed by atoms with Crippen LogP contribution in [0.4, 0.5) is 8.78 Å². The van der Waals surface area contributed by atoms with E-state index in [9.17, 15) is 8.78 Å². The van der Waals surface area contributed by atoms with Crippen molar-refractivity contribution in [2.24, 2.45) is 0 Å². The zero-order valence-electron chi connectivity index (χ0n) is 18.1. The molecule has 0 nitrogen and oxygen atoms in total. The highest BCUT2D eigenvalue weighted by atomic mass is 19.1. The number of benzene rings is 3. The molecule has 0 heterocycles.